The summed E-state index contributed by atoms with van der Waals surface area (Å²) < 4.78 is 0. The monoisotopic (exact) mass is 261 g/mol. The van der Waals surface area contributed by atoms with Gasteiger partial charge in [-0.2, -0.15) is 0 Å². The summed E-state index contributed by atoms with van der Waals surface area (Å²) >= 11 is 0. The van der Waals surface area contributed by atoms with Crippen LogP contribution >= 0.6 is 0 Å². The highest BCUT2D eigenvalue weighted by Crippen LogP contribution is 2.33. The lowest BCUT2D eigenvalue weighted by atomic mass is 9.96. The first-order valence-corrected chi connectivity index (χ1v) is 7.18. The number of carbonyl (C=O) groups is 1. The Kier molecular flexibility index (Phi) is 4.77. The van der Waals surface area contributed by atoms with Gasteiger partial charge in [-0.1, -0.05) is 13.0 Å². The average molecular weight is 261 g/mol. The van der Waals surface area contributed by atoms with Crippen molar-refractivity contribution in [3.05, 3.63) is 23.9 Å². The predicted octanol–water partition coefficient (Wildman–Crippen LogP) is 2.98. The minimum atomic E-state index is 0.173. The quantitative estimate of drug-likeness (QED) is 0.829. The van der Waals surface area contributed by atoms with Gasteiger partial charge in [0.2, 0.25) is 6.41 Å². The van der Waals surface area contributed by atoms with E-state index in [0.717, 1.165) is 43.6 Å². The summed E-state index contributed by atoms with van der Waals surface area (Å²) in [6.45, 7) is 5.15. The molecule has 104 valence electrons. The maximum Gasteiger partial charge on any atom is 0.210 e. The van der Waals surface area contributed by atoms with Gasteiger partial charge in [-0.25, -0.2) is 4.98 Å². The van der Waals surface area contributed by atoms with Gasteiger partial charge >= 0.3 is 0 Å². The van der Waals surface area contributed by atoms with Gasteiger partial charge in [0.15, 0.2) is 0 Å². The maximum absolute atomic E-state index is 11.2. The topological polar surface area (TPSA) is 45.2 Å². The first kappa shape index (κ1) is 13.8. The number of nitrogens with zero attached hydrogens (tertiary/aromatic N) is 2. The third kappa shape index (κ3) is 3.25. The van der Waals surface area contributed by atoms with Gasteiger partial charge in [0, 0.05) is 24.3 Å². The molecule has 1 amide bonds. The molecule has 2 rings (SSSR count). The molecule has 4 heteroatoms. The lowest BCUT2D eigenvalue weighted by Crippen LogP contribution is -2.33. The molecule has 1 aromatic heterocycles. The number of likely N-dealkylation sites (tertiary alicyclic amines) is 1. The molecular weight excluding hydrogens is 238 g/mol. The van der Waals surface area contributed by atoms with E-state index in [2.05, 4.69) is 30.2 Å². The largest absolute Gasteiger partial charge is 0.367 e. The van der Waals surface area contributed by atoms with Gasteiger partial charge in [-0.3, -0.25) is 4.79 Å². The smallest absolute Gasteiger partial charge is 0.210 e. The number of aromatic nitrogens is 1. The molecule has 19 heavy (non-hydrogen) atoms. The van der Waals surface area contributed by atoms with E-state index in [9.17, 15) is 4.79 Å². The van der Waals surface area contributed by atoms with E-state index >= 15 is 0 Å². The van der Waals surface area contributed by atoms with Crippen LogP contribution in [0.3, 0.4) is 0 Å². The zero-order valence-corrected chi connectivity index (χ0v) is 11.8. The molecule has 0 saturated carbocycles. The number of amides is 1. The van der Waals surface area contributed by atoms with Crippen molar-refractivity contribution in [3.8, 4) is 0 Å². The molecule has 0 unspecified atom stereocenters. The Morgan fingerprint density at radius 3 is 3.16 bits per heavy atom. The first-order chi connectivity index (χ1) is 9.26. The summed E-state index contributed by atoms with van der Waals surface area (Å²) in [4.78, 5) is 17.6. The number of hydrogen-bond acceptors (Lipinski definition) is 3. The van der Waals surface area contributed by atoms with Crippen molar-refractivity contribution < 1.29 is 4.79 Å². The summed E-state index contributed by atoms with van der Waals surface area (Å²) in [6.07, 6.45) is 7.14. The Morgan fingerprint density at radius 2 is 2.42 bits per heavy atom. The van der Waals surface area contributed by atoms with Gasteiger partial charge in [0.05, 0.1) is 6.04 Å². The summed E-state index contributed by atoms with van der Waals surface area (Å²) in [7, 11) is 0. The lowest BCUT2D eigenvalue weighted by molar-refractivity contribution is -0.121. The van der Waals surface area contributed by atoms with Gasteiger partial charge in [-0.05, 0) is 38.7 Å². The lowest BCUT2D eigenvalue weighted by Gasteiger charge is -2.34. The van der Waals surface area contributed by atoms with Gasteiger partial charge < -0.3 is 10.2 Å². The molecular formula is C15H23N3O. The third-order valence-electron chi connectivity index (χ3n) is 3.87. The van der Waals surface area contributed by atoms with Crippen molar-refractivity contribution in [1.29, 1.82) is 0 Å². The molecule has 0 radical (unpaired) electrons. The molecule has 1 fully saturated rings. The third-order valence-corrected chi connectivity index (χ3v) is 3.87. The Balaban J connectivity index is 2.24. The number of pyridine rings is 1. The van der Waals surface area contributed by atoms with E-state index in [1.54, 1.807) is 0 Å². The minimum Gasteiger partial charge on any atom is -0.367 e. The Labute approximate surface area is 115 Å². The van der Waals surface area contributed by atoms with E-state index in [1.165, 1.54) is 6.42 Å². The molecule has 0 aromatic carbocycles. The molecule has 0 aliphatic carbocycles. The van der Waals surface area contributed by atoms with Crippen LogP contribution in [0, 0.1) is 0 Å². The number of anilines is 1. The van der Waals surface area contributed by atoms with Crippen molar-refractivity contribution >= 4 is 12.2 Å². The van der Waals surface area contributed by atoms with E-state index in [-0.39, 0.29) is 6.04 Å². The number of piperidine rings is 1. The van der Waals surface area contributed by atoms with Crippen LogP contribution < -0.4 is 5.32 Å². The van der Waals surface area contributed by atoms with Crippen molar-refractivity contribution in [3.63, 3.8) is 0 Å². The van der Waals surface area contributed by atoms with Gasteiger partial charge in [0.25, 0.3) is 0 Å². The molecule has 4 nitrogen and oxygen atoms in total. The second-order valence-electron chi connectivity index (χ2n) is 5.25. The zero-order valence-electron chi connectivity index (χ0n) is 11.8. The summed E-state index contributed by atoms with van der Waals surface area (Å²) in [5.74, 6) is 0.926. The van der Waals surface area contributed by atoms with Crippen LogP contribution in [-0.2, 0) is 4.79 Å². The number of hydrogen-bond donors (Lipinski definition) is 1. The number of rotatable bonds is 5. The molecule has 1 N–H and O–H groups in total. The van der Waals surface area contributed by atoms with Crippen LogP contribution in [0.1, 0.15) is 51.1 Å². The van der Waals surface area contributed by atoms with Crippen LogP contribution in [0.5, 0.6) is 0 Å². The zero-order chi connectivity index (χ0) is 13.7. The first-order valence-electron chi connectivity index (χ1n) is 7.18. The summed E-state index contributed by atoms with van der Waals surface area (Å²) in [6, 6.07) is 4.60. The molecule has 1 aromatic rings. The fourth-order valence-electron chi connectivity index (χ4n) is 2.56. The Bertz CT molecular complexity index is 422. The van der Waals surface area contributed by atoms with Crippen LogP contribution in [0.25, 0.3) is 0 Å². The van der Waals surface area contributed by atoms with Crippen LogP contribution in [0.4, 0.5) is 5.82 Å². The SMILES string of the molecule is CC[C@H](C)Nc1ncccc1[C@H]1CCCCN1C=O. The second kappa shape index (κ2) is 6.55. The highest BCUT2D eigenvalue weighted by Gasteiger charge is 2.25. The number of carbonyl (C=O) groups excluding carboxylic acids is 1. The molecule has 2 heterocycles. The second-order valence-corrected chi connectivity index (χ2v) is 5.25. The van der Waals surface area contributed by atoms with Crippen LogP contribution in [0.2, 0.25) is 0 Å². The summed E-state index contributed by atoms with van der Waals surface area (Å²) in [5, 5.41) is 3.45. The molecule has 1 aliphatic rings. The number of nitrogens with one attached hydrogen (secondary N) is 1. The molecule has 1 saturated heterocycles. The fourth-order valence-corrected chi connectivity index (χ4v) is 2.56. The van der Waals surface area contributed by atoms with Crippen molar-refractivity contribution in [1.82, 2.24) is 9.88 Å². The van der Waals surface area contributed by atoms with Gasteiger partial charge in [-0.15, -0.1) is 0 Å². The predicted molar refractivity (Wildman–Crippen MR) is 77.0 cm³/mol. The van der Waals surface area contributed by atoms with Crippen molar-refractivity contribution in [2.45, 2.75) is 51.6 Å². The van der Waals surface area contributed by atoms with Crippen molar-refractivity contribution in [2.75, 3.05) is 11.9 Å². The molecule has 1 aliphatic heterocycles. The van der Waals surface area contributed by atoms with Crippen LogP contribution in [-0.4, -0.2) is 28.9 Å². The van der Waals surface area contributed by atoms with E-state index in [1.807, 2.05) is 17.2 Å². The average Bonchev–Trinajstić information content (AvgIpc) is 2.47. The maximum atomic E-state index is 11.2. The standard InChI is InChI=1S/C15H23N3O/c1-3-12(2)17-15-13(7-6-9-16-15)14-8-4-5-10-18(14)11-19/h6-7,9,11-12,14H,3-5,8,10H2,1-2H3,(H,16,17)/t12-,14+/m0/s1. The van der Waals surface area contributed by atoms with E-state index in [0.29, 0.717) is 6.04 Å². The van der Waals surface area contributed by atoms with Crippen molar-refractivity contribution in [2.24, 2.45) is 0 Å². The normalized spacial score (nSPS) is 20.9. The molecule has 2 atom stereocenters. The fraction of sp³-hybridized carbons (Fsp3) is 0.600. The van der Waals surface area contributed by atoms with Crippen LogP contribution in [0.15, 0.2) is 18.3 Å². The summed E-state index contributed by atoms with van der Waals surface area (Å²) in [5.41, 5.74) is 1.15. The molecule has 0 bridgehead atoms. The molecule has 0 spiro atoms. The van der Waals surface area contributed by atoms with E-state index < -0.39 is 0 Å². The van der Waals surface area contributed by atoms with E-state index in [4.69, 9.17) is 0 Å². The van der Waals surface area contributed by atoms with Gasteiger partial charge in [0.1, 0.15) is 5.82 Å². The minimum absolute atomic E-state index is 0.173. The Morgan fingerprint density at radius 1 is 1.58 bits per heavy atom. The Hall–Kier alpha value is -1.58. The highest BCUT2D eigenvalue weighted by molar-refractivity contribution is 5.53. The highest BCUT2D eigenvalue weighted by atomic mass is 16.1.